The van der Waals surface area contributed by atoms with Crippen LogP contribution in [0.3, 0.4) is 0 Å². The lowest BCUT2D eigenvalue weighted by Crippen LogP contribution is -2.51. The number of quaternary nitrogens is 1. The predicted molar refractivity (Wildman–Crippen MR) is 121 cm³/mol. The Bertz CT molecular complexity index is 513. The van der Waals surface area contributed by atoms with Gasteiger partial charge in [-0.3, -0.25) is 0 Å². The summed E-state index contributed by atoms with van der Waals surface area (Å²) in [4.78, 5) is 0. The molecule has 1 fully saturated rings. The van der Waals surface area contributed by atoms with Crippen LogP contribution >= 0.6 is 0 Å². The van der Waals surface area contributed by atoms with Crippen molar-refractivity contribution in [3.63, 3.8) is 0 Å². The van der Waals surface area contributed by atoms with Crippen molar-refractivity contribution in [3.8, 4) is 0 Å². The highest BCUT2D eigenvalue weighted by molar-refractivity contribution is 5.51. The molecule has 1 heterocycles. The number of piperidine rings is 1. The van der Waals surface area contributed by atoms with Gasteiger partial charge in [0.25, 0.3) is 0 Å². The number of likely N-dealkylation sites (tertiary alicyclic amines) is 1. The highest BCUT2D eigenvalue weighted by Gasteiger charge is 2.30. The molecule has 1 aromatic rings. The topological polar surface area (TPSA) is 0 Å². The summed E-state index contributed by atoms with van der Waals surface area (Å²) in [5.41, 5.74) is 2.84. The molecule has 1 aliphatic rings. The van der Waals surface area contributed by atoms with E-state index in [0.717, 1.165) is 0 Å². The summed E-state index contributed by atoms with van der Waals surface area (Å²) in [6, 6.07) is 8.89. The Balaban J connectivity index is 1.72. The van der Waals surface area contributed by atoms with Crippen LogP contribution in [0.25, 0.3) is 6.08 Å². The highest BCUT2D eigenvalue weighted by Crippen LogP contribution is 2.26. The number of hydrogen-bond acceptors (Lipinski definition) is 0. The molecular weight excluding hydrogens is 326 g/mol. The van der Waals surface area contributed by atoms with Gasteiger partial charge in [-0.2, -0.15) is 0 Å². The zero-order valence-electron chi connectivity index (χ0n) is 18.1. The SMILES string of the molecule is C=Cc1ccccc1C[N+]1(CCCCCCCCCCCC)CCCCC1. The molecule has 0 N–H and O–H groups in total. The van der Waals surface area contributed by atoms with E-state index < -0.39 is 0 Å². The number of benzene rings is 1. The molecule has 0 spiro atoms. The first-order valence-corrected chi connectivity index (χ1v) is 11.8. The summed E-state index contributed by atoms with van der Waals surface area (Å²) in [5, 5.41) is 0. The van der Waals surface area contributed by atoms with Gasteiger partial charge >= 0.3 is 0 Å². The first-order chi connectivity index (χ1) is 13.3. The monoisotopic (exact) mass is 370 g/mol. The Labute approximate surface area is 169 Å². The summed E-state index contributed by atoms with van der Waals surface area (Å²) in [5.74, 6) is 0. The lowest BCUT2D eigenvalue weighted by atomic mass is 10.0. The van der Waals surface area contributed by atoms with E-state index in [9.17, 15) is 0 Å². The van der Waals surface area contributed by atoms with Crippen molar-refractivity contribution < 1.29 is 4.48 Å². The van der Waals surface area contributed by atoms with Crippen LogP contribution in [-0.4, -0.2) is 24.1 Å². The van der Waals surface area contributed by atoms with Gasteiger partial charge in [-0.15, -0.1) is 0 Å². The standard InChI is InChI=1S/C26H44N/c1-3-5-6-7-8-9-10-11-12-16-21-27(22-17-13-18-23-27)24-26-20-15-14-19-25(26)4-2/h4,14-15,19-20H,2-3,5-13,16-18,21-24H2,1H3/q+1. The Morgan fingerprint density at radius 2 is 1.41 bits per heavy atom. The normalized spacial score (nSPS) is 16.3. The molecule has 0 atom stereocenters. The largest absolute Gasteiger partial charge is 0.320 e. The van der Waals surface area contributed by atoms with Crippen molar-refractivity contribution in [2.75, 3.05) is 19.6 Å². The van der Waals surface area contributed by atoms with Crippen LogP contribution in [0.1, 0.15) is 102 Å². The van der Waals surface area contributed by atoms with Crippen LogP contribution in [0.15, 0.2) is 30.8 Å². The fraction of sp³-hybridized carbons (Fsp3) is 0.692. The molecule has 1 aromatic carbocycles. The third-order valence-corrected chi connectivity index (χ3v) is 6.53. The van der Waals surface area contributed by atoms with Gasteiger partial charge < -0.3 is 4.48 Å². The minimum Gasteiger partial charge on any atom is -0.320 e. The molecule has 0 bridgehead atoms. The first kappa shape index (κ1) is 22.2. The molecule has 0 aliphatic carbocycles. The molecule has 1 aliphatic heterocycles. The minimum atomic E-state index is 1.21. The molecule has 0 aromatic heterocycles. The van der Waals surface area contributed by atoms with Gasteiger partial charge in [-0.05, 0) is 37.7 Å². The second kappa shape index (κ2) is 13.2. The smallest absolute Gasteiger partial charge is 0.105 e. The first-order valence-electron chi connectivity index (χ1n) is 11.8. The maximum absolute atomic E-state index is 4.03. The Hall–Kier alpha value is -1.08. The third kappa shape index (κ3) is 8.21. The van der Waals surface area contributed by atoms with Gasteiger partial charge in [0, 0.05) is 5.56 Å². The molecule has 1 saturated heterocycles. The average Bonchev–Trinajstić information content (AvgIpc) is 2.70. The quantitative estimate of drug-likeness (QED) is 0.232. The summed E-state index contributed by atoms with van der Waals surface area (Å²) in [6.07, 6.45) is 20.6. The second-order valence-electron chi connectivity index (χ2n) is 8.82. The summed E-state index contributed by atoms with van der Waals surface area (Å²) in [7, 11) is 0. The van der Waals surface area contributed by atoms with E-state index >= 15 is 0 Å². The lowest BCUT2D eigenvalue weighted by Gasteiger charge is -2.42. The van der Waals surface area contributed by atoms with Gasteiger partial charge in [-0.25, -0.2) is 0 Å². The van der Waals surface area contributed by atoms with E-state index in [2.05, 4.69) is 37.8 Å². The number of hydrogen-bond donors (Lipinski definition) is 0. The van der Waals surface area contributed by atoms with Crippen molar-refractivity contribution in [2.45, 2.75) is 96.9 Å². The zero-order valence-corrected chi connectivity index (χ0v) is 18.1. The summed E-state index contributed by atoms with van der Waals surface area (Å²) >= 11 is 0. The predicted octanol–water partition coefficient (Wildman–Crippen LogP) is 7.75. The maximum atomic E-state index is 4.03. The van der Waals surface area contributed by atoms with Crippen LogP contribution in [0.5, 0.6) is 0 Å². The fourth-order valence-corrected chi connectivity index (χ4v) is 4.82. The molecular formula is C26H44N+. The van der Waals surface area contributed by atoms with E-state index in [4.69, 9.17) is 0 Å². The molecule has 1 nitrogen and oxygen atoms in total. The minimum absolute atomic E-state index is 1.21. The number of nitrogens with zero attached hydrogens (tertiary/aromatic N) is 1. The number of rotatable bonds is 14. The second-order valence-corrected chi connectivity index (χ2v) is 8.82. The van der Waals surface area contributed by atoms with Crippen molar-refractivity contribution >= 4 is 6.08 Å². The van der Waals surface area contributed by atoms with E-state index in [0.29, 0.717) is 0 Å². The Morgan fingerprint density at radius 1 is 0.815 bits per heavy atom. The summed E-state index contributed by atoms with van der Waals surface area (Å²) in [6.45, 7) is 11.7. The maximum Gasteiger partial charge on any atom is 0.105 e. The molecule has 0 radical (unpaired) electrons. The van der Waals surface area contributed by atoms with Gasteiger partial charge in [0.05, 0.1) is 19.6 Å². The van der Waals surface area contributed by atoms with E-state index in [-0.39, 0.29) is 0 Å². The Morgan fingerprint density at radius 3 is 2.04 bits per heavy atom. The molecule has 152 valence electrons. The molecule has 1 heteroatoms. The summed E-state index contributed by atoms with van der Waals surface area (Å²) < 4.78 is 1.32. The van der Waals surface area contributed by atoms with E-state index in [1.807, 2.05) is 6.08 Å². The Kier molecular flexibility index (Phi) is 10.8. The van der Waals surface area contributed by atoms with Crippen molar-refractivity contribution in [3.05, 3.63) is 42.0 Å². The van der Waals surface area contributed by atoms with Gasteiger partial charge in [0.15, 0.2) is 0 Å². The number of unbranched alkanes of at least 4 members (excludes halogenated alkanes) is 9. The van der Waals surface area contributed by atoms with Crippen LogP contribution < -0.4 is 0 Å². The molecule has 2 rings (SSSR count). The van der Waals surface area contributed by atoms with Crippen molar-refractivity contribution in [2.24, 2.45) is 0 Å². The lowest BCUT2D eigenvalue weighted by molar-refractivity contribution is -0.945. The fourth-order valence-electron chi connectivity index (χ4n) is 4.82. The van der Waals surface area contributed by atoms with E-state index in [1.54, 1.807) is 0 Å². The molecule has 0 unspecified atom stereocenters. The molecule has 0 saturated carbocycles. The van der Waals surface area contributed by atoms with Crippen LogP contribution in [0.4, 0.5) is 0 Å². The van der Waals surface area contributed by atoms with Gasteiger partial charge in [-0.1, -0.05) is 95.2 Å². The van der Waals surface area contributed by atoms with Crippen molar-refractivity contribution in [1.82, 2.24) is 0 Å². The molecule has 0 amide bonds. The highest BCUT2D eigenvalue weighted by atomic mass is 15.4. The van der Waals surface area contributed by atoms with Gasteiger partial charge in [0.2, 0.25) is 0 Å². The van der Waals surface area contributed by atoms with Crippen LogP contribution in [-0.2, 0) is 6.54 Å². The average molecular weight is 371 g/mol. The van der Waals surface area contributed by atoms with E-state index in [1.165, 1.54) is 125 Å². The zero-order chi connectivity index (χ0) is 19.2. The van der Waals surface area contributed by atoms with Crippen LogP contribution in [0, 0.1) is 0 Å². The van der Waals surface area contributed by atoms with Crippen molar-refractivity contribution in [1.29, 1.82) is 0 Å². The third-order valence-electron chi connectivity index (χ3n) is 6.53. The van der Waals surface area contributed by atoms with Crippen LogP contribution in [0.2, 0.25) is 0 Å². The molecule has 27 heavy (non-hydrogen) atoms. The van der Waals surface area contributed by atoms with Gasteiger partial charge in [0.1, 0.15) is 6.54 Å².